The van der Waals surface area contributed by atoms with Crippen LogP contribution in [-0.4, -0.2) is 17.8 Å². The Hall–Kier alpha value is -0.930. The van der Waals surface area contributed by atoms with Crippen molar-refractivity contribution in [1.82, 2.24) is 0 Å². The molecule has 0 amide bonds. The first-order chi connectivity index (χ1) is 6.74. The smallest absolute Gasteiger partial charge is 0.128 e. The van der Waals surface area contributed by atoms with Gasteiger partial charge in [-0.2, -0.15) is 0 Å². The zero-order valence-corrected chi connectivity index (χ0v) is 8.24. The molecule has 1 aromatic rings. The lowest BCUT2D eigenvalue weighted by molar-refractivity contribution is 0.0259. The molecule has 0 aliphatic rings. The molecule has 3 heteroatoms. The van der Waals surface area contributed by atoms with E-state index >= 15 is 0 Å². The molecular weight excluding hydrogens is 183 g/mol. The average molecular weight is 198 g/mol. The molecule has 1 rings (SSSR count). The largest absolute Gasteiger partial charge is 0.391 e. The second-order valence-electron chi connectivity index (χ2n) is 3.17. The molecule has 2 nitrogen and oxygen atoms in total. The highest BCUT2D eigenvalue weighted by molar-refractivity contribution is 5.16. The lowest BCUT2D eigenvalue weighted by Crippen LogP contribution is -2.13. The average Bonchev–Trinajstić information content (AvgIpc) is 2.20. The van der Waals surface area contributed by atoms with Crippen LogP contribution in [-0.2, 0) is 11.3 Å². The highest BCUT2D eigenvalue weighted by Gasteiger charge is 2.03. The van der Waals surface area contributed by atoms with E-state index in [0.717, 1.165) is 0 Å². The molecule has 0 aromatic heterocycles. The molecule has 0 fully saturated rings. The Balaban J connectivity index is 2.35. The summed E-state index contributed by atoms with van der Waals surface area (Å²) in [6.45, 7) is 2.34. The molecule has 0 saturated heterocycles. The third kappa shape index (κ3) is 3.44. The molecule has 0 saturated carbocycles. The maximum absolute atomic E-state index is 13.1. The maximum atomic E-state index is 13.1. The summed E-state index contributed by atoms with van der Waals surface area (Å²) >= 11 is 0. The van der Waals surface area contributed by atoms with Gasteiger partial charge in [0.25, 0.3) is 0 Å². The fraction of sp³-hybridized carbons (Fsp3) is 0.455. The van der Waals surface area contributed by atoms with E-state index in [2.05, 4.69) is 0 Å². The Morgan fingerprint density at radius 2 is 2.14 bits per heavy atom. The summed E-state index contributed by atoms with van der Waals surface area (Å²) < 4.78 is 18.2. The number of aliphatic hydroxyl groups is 1. The minimum Gasteiger partial charge on any atom is -0.391 e. The van der Waals surface area contributed by atoms with Crippen molar-refractivity contribution >= 4 is 0 Å². The summed E-state index contributed by atoms with van der Waals surface area (Å²) in [5.41, 5.74) is 0.524. The topological polar surface area (TPSA) is 29.5 Å². The molecule has 1 atom stereocenters. The van der Waals surface area contributed by atoms with Crippen molar-refractivity contribution in [2.45, 2.75) is 26.1 Å². The van der Waals surface area contributed by atoms with Crippen LogP contribution in [0.2, 0.25) is 0 Å². The molecular formula is C11H15FO2. The number of hydrogen-bond acceptors (Lipinski definition) is 2. The molecule has 0 radical (unpaired) electrons. The first kappa shape index (κ1) is 11.1. The molecule has 0 spiro atoms. The lowest BCUT2D eigenvalue weighted by atomic mass is 10.2. The van der Waals surface area contributed by atoms with Gasteiger partial charge in [0.15, 0.2) is 0 Å². The Morgan fingerprint density at radius 3 is 2.79 bits per heavy atom. The minimum atomic E-state index is -0.457. The molecule has 0 aliphatic heterocycles. The van der Waals surface area contributed by atoms with Crippen LogP contribution < -0.4 is 0 Å². The van der Waals surface area contributed by atoms with Crippen molar-refractivity contribution in [1.29, 1.82) is 0 Å². The zero-order valence-electron chi connectivity index (χ0n) is 8.24. The van der Waals surface area contributed by atoms with Crippen molar-refractivity contribution in [3.63, 3.8) is 0 Å². The second-order valence-corrected chi connectivity index (χ2v) is 3.17. The fourth-order valence-corrected chi connectivity index (χ4v) is 1.04. The van der Waals surface area contributed by atoms with Crippen molar-refractivity contribution in [2.75, 3.05) is 6.61 Å². The van der Waals surface area contributed by atoms with Gasteiger partial charge in [0, 0.05) is 5.56 Å². The number of halogens is 1. The zero-order chi connectivity index (χ0) is 10.4. The van der Waals surface area contributed by atoms with E-state index in [1.54, 1.807) is 18.2 Å². The second kappa shape index (κ2) is 5.73. The van der Waals surface area contributed by atoms with Gasteiger partial charge in [0.1, 0.15) is 5.82 Å². The van der Waals surface area contributed by atoms with Gasteiger partial charge in [0.05, 0.1) is 19.3 Å². The summed E-state index contributed by atoms with van der Waals surface area (Å²) in [6, 6.07) is 6.47. The highest BCUT2D eigenvalue weighted by atomic mass is 19.1. The first-order valence-corrected chi connectivity index (χ1v) is 4.73. The van der Waals surface area contributed by atoms with E-state index in [9.17, 15) is 9.50 Å². The molecule has 1 N–H and O–H groups in total. The number of ether oxygens (including phenoxy) is 1. The first-order valence-electron chi connectivity index (χ1n) is 4.73. The third-order valence-electron chi connectivity index (χ3n) is 2.00. The summed E-state index contributed by atoms with van der Waals surface area (Å²) in [7, 11) is 0. The quantitative estimate of drug-likeness (QED) is 0.785. The van der Waals surface area contributed by atoms with Gasteiger partial charge in [-0.1, -0.05) is 25.1 Å². The van der Waals surface area contributed by atoms with Gasteiger partial charge in [0.2, 0.25) is 0 Å². The van der Waals surface area contributed by atoms with Crippen molar-refractivity contribution < 1.29 is 14.2 Å². The summed E-state index contributed by atoms with van der Waals surface area (Å²) in [6.07, 6.45) is 0.193. The van der Waals surface area contributed by atoms with E-state index < -0.39 is 6.10 Å². The number of benzene rings is 1. The number of rotatable bonds is 5. The Labute approximate surface area is 83.3 Å². The van der Waals surface area contributed by atoms with Crippen molar-refractivity contribution in [2.24, 2.45) is 0 Å². The molecule has 14 heavy (non-hydrogen) atoms. The van der Waals surface area contributed by atoms with Crippen LogP contribution >= 0.6 is 0 Å². The molecule has 0 aliphatic carbocycles. The maximum Gasteiger partial charge on any atom is 0.128 e. The van der Waals surface area contributed by atoms with Crippen LogP contribution in [0.25, 0.3) is 0 Å². The lowest BCUT2D eigenvalue weighted by Gasteiger charge is -2.08. The van der Waals surface area contributed by atoms with Gasteiger partial charge in [-0.15, -0.1) is 0 Å². The Morgan fingerprint density at radius 1 is 1.43 bits per heavy atom. The van der Waals surface area contributed by atoms with Gasteiger partial charge < -0.3 is 9.84 Å². The summed E-state index contributed by atoms with van der Waals surface area (Å²) in [5, 5.41) is 9.19. The van der Waals surface area contributed by atoms with E-state index in [4.69, 9.17) is 4.74 Å². The van der Waals surface area contributed by atoms with Crippen LogP contribution in [0.15, 0.2) is 24.3 Å². The van der Waals surface area contributed by atoms with Gasteiger partial charge in [-0.05, 0) is 12.5 Å². The van der Waals surface area contributed by atoms with Gasteiger partial charge >= 0.3 is 0 Å². The van der Waals surface area contributed by atoms with Crippen LogP contribution in [0.1, 0.15) is 18.9 Å². The standard InChI is InChI=1S/C11H15FO2/c1-2-10(13)8-14-7-9-5-3-4-6-11(9)12/h3-6,10,13H,2,7-8H2,1H3. The Bertz CT molecular complexity index is 276. The van der Waals surface area contributed by atoms with Gasteiger partial charge in [-0.3, -0.25) is 0 Å². The molecule has 0 bridgehead atoms. The van der Waals surface area contributed by atoms with Crippen LogP contribution in [0.5, 0.6) is 0 Å². The minimum absolute atomic E-state index is 0.212. The normalized spacial score (nSPS) is 12.8. The SMILES string of the molecule is CCC(O)COCc1ccccc1F. The highest BCUT2D eigenvalue weighted by Crippen LogP contribution is 2.07. The van der Waals surface area contributed by atoms with Gasteiger partial charge in [-0.25, -0.2) is 4.39 Å². The van der Waals surface area contributed by atoms with Crippen molar-refractivity contribution in [3.05, 3.63) is 35.6 Å². The van der Waals surface area contributed by atoms with E-state index in [1.165, 1.54) is 6.07 Å². The third-order valence-corrected chi connectivity index (χ3v) is 2.00. The predicted molar refractivity (Wildman–Crippen MR) is 52.4 cm³/mol. The molecule has 0 heterocycles. The number of hydrogen-bond donors (Lipinski definition) is 1. The predicted octanol–water partition coefficient (Wildman–Crippen LogP) is 2.11. The van der Waals surface area contributed by atoms with Crippen LogP contribution in [0.3, 0.4) is 0 Å². The van der Waals surface area contributed by atoms with Crippen LogP contribution in [0.4, 0.5) is 4.39 Å². The van der Waals surface area contributed by atoms with E-state index in [0.29, 0.717) is 12.0 Å². The summed E-state index contributed by atoms with van der Waals surface area (Å²) in [4.78, 5) is 0. The van der Waals surface area contributed by atoms with Crippen LogP contribution in [0, 0.1) is 5.82 Å². The molecule has 1 aromatic carbocycles. The van der Waals surface area contributed by atoms with E-state index in [-0.39, 0.29) is 19.0 Å². The van der Waals surface area contributed by atoms with E-state index in [1.807, 2.05) is 6.92 Å². The summed E-state index contributed by atoms with van der Waals surface area (Å²) in [5.74, 6) is -0.265. The van der Waals surface area contributed by atoms with Crippen molar-refractivity contribution in [3.8, 4) is 0 Å². The monoisotopic (exact) mass is 198 g/mol. The number of aliphatic hydroxyl groups excluding tert-OH is 1. The Kier molecular flexibility index (Phi) is 4.56. The fourth-order valence-electron chi connectivity index (χ4n) is 1.04. The molecule has 78 valence electrons. The molecule has 1 unspecified atom stereocenters.